The normalized spacial score (nSPS) is 17.5. The van der Waals surface area contributed by atoms with Gasteiger partial charge in [0.15, 0.2) is 0 Å². The Morgan fingerprint density at radius 3 is 2.53 bits per heavy atom. The average molecular weight is 233 g/mol. The van der Waals surface area contributed by atoms with Crippen molar-refractivity contribution in [3.8, 4) is 0 Å². The first-order chi connectivity index (χ1) is 6.92. The first kappa shape index (κ1) is 12.6. The molecule has 1 heterocycles. The second kappa shape index (κ2) is 5.07. The largest absolute Gasteiger partial charge is 0.444 e. The number of likely N-dealkylation sites (tertiary alicyclic amines) is 1. The number of amides is 1. The summed E-state index contributed by atoms with van der Waals surface area (Å²) < 4.78 is 10.4. The Morgan fingerprint density at radius 1 is 1.47 bits per heavy atom. The lowest BCUT2D eigenvalue weighted by atomic mass is 10.0. The van der Waals surface area contributed by atoms with Crippen molar-refractivity contribution in [3.63, 3.8) is 0 Å². The Kier molecular flexibility index (Phi) is 4.28. The summed E-state index contributed by atoms with van der Waals surface area (Å²) in [5.41, 5.74) is -0.405. The minimum Gasteiger partial charge on any atom is -0.444 e. The summed E-state index contributed by atoms with van der Waals surface area (Å²) in [7, 11) is 0. The summed E-state index contributed by atoms with van der Waals surface area (Å²) in [5, 5.41) is 0. The van der Waals surface area contributed by atoms with Crippen LogP contribution in [-0.4, -0.2) is 42.5 Å². The molecular weight excluding hydrogens is 214 g/mol. The summed E-state index contributed by atoms with van der Waals surface area (Å²) in [6.45, 7) is 7.82. The lowest BCUT2D eigenvalue weighted by Gasteiger charge is -2.39. The van der Waals surface area contributed by atoms with Crippen LogP contribution < -0.4 is 0 Å². The lowest BCUT2D eigenvalue weighted by molar-refractivity contribution is -0.00656. The van der Waals surface area contributed by atoms with Crippen LogP contribution in [0.2, 0.25) is 0 Å². The molecule has 1 rings (SSSR count). The monoisotopic (exact) mass is 233 g/mol. The highest BCUT2D eigenvalue weighted by Gasteiger charge is 2.33. The van der Waals surface area contributed by atoms with E-state index in [0.29, 0.717) is 12.5 Å². The summed E-state index contributed by atoms with van der Waals surface area (Å²) in [6, 6.07) is 0. The van der Waals surface area contributed by atoms with Crippen molar-refractivity contribution in [1.29, 1.82) is 0 Å². The molecule has 5 heteroatoms. The van der Waals surface area contributed by atoms with Crippen LogP contribution in [0.5, 0.6) is 0 Å². The van der Waals surface area contributed by atoms with Crippen LogP contribution in [0.25, 0.3) is 0 Å². The van der Waals surface area contributed by atoms with Crippen molar-refractivity contribution < 1.29 is 13.7 Å². The van der Waals surface area contributed by atoms with Gasteiger partial charge in [0.25, 0.3) is 0 Å². The quantitative estimate of drug-likeness (QED) is 0.700. The molecule has 0 aromatic heterocycles. The van der Waals surface area contributed by atoms with Crippen LogP contribution in [-0.2, 0) is 8.92 Å². The van der Waals surface area contributed by atoms with E-state index in [4.69, 9.17) is 8.92 Å². The summed E-state index contributed by atoms with van der Waals surface area (Å²) >= 11 is 1.36. The van der Waals surface area contributed by atoms with E-state index in [2.05, 4.69) is 0 Å². The van der Waals surface area contributed by atoms with Crippen LogP contribution in [0.1, 0.15) is 20.8 Å². The number of rotatable bonds is 3. The van der Waals surface area contributed by atoms with E-state index in [1.807, 2.05) is 27.0 Å². The zero-order chi connectivity index (χ0) is 11.5. The van der Waals surface area contributed by atoms with Gasteiger partial charge in [-0.05, 0) is 32.8 Å². The molecule has 1 aliphatic rings. The van der Waals surface area contributed by atoms with Gasteiger partial charge in [0.1, 0.15) is 5.60 Å². The zero-order valence-corrected chi connectivity index (χ0v) is 10.6. The first-order valence-electron chi connectivity index (χ1n) is 5.06. The van der Waals surface area contributed by atoms with Gasteiger partial charge in [-0.2, -0.15) is 0 Å². The van der Waals surface area contributed by atoms with Crippen LogP contribution in [0, 0.1) is 5.92 Å². The Bertz CT molecular complexity index is 221. The molecule has 0 N–H and O–H groups in total. The summed E-state index contributed by atoms with van der Waals surface area (Å²) in [5.74, 6) is 0.463. The molecule has 88 valence electrons. The van der Waals surface area contributed by atoms with Gasteiger partial charge < -0.3 is 13.8 Å². The maximum absolute atomic E-state index is 11.5. The topological polar surface area (TPSA) is 38.8 Å². The van der Waals surface area contributed by atoms with Gasteiger partial charge in [0.05, 0.1) is 6.61 Å². The fourth-order valence-corrected chi connectivity index (χ4v) is 1.64. The highest BCUT2D eigenvalue weighted by Crippen LogP contribution is 2.20. The van der Waals surface area contributed by atoms with Gasteiger partial charge in [0.2, 0.25) is 0 Å². The number of hydrogen-bond donors (Lipinski definition) is 0. The molecule has 1 fully saturated rings. The highest BCUT2D eigenvalue weighted by molar-refractivity contribution is 7.93. The standard InChI is InChI=1S/C10H19NO3S/c1-10(2,3)14-9(12)11-5-8(6-11)7-13-15-4/h8H,5-7H2,1-4H3. The fraction of sp³-hybridized carbons (Fsp3) is 0.900. The van der Waals surface area contributed by atoms with Gasteiger partial charge in [-0.25, -0.2) is 4.79 Å². The minimum atomic E-state index is -0.405. The molecule has 4 nitrogen and oxygen atoms in total. The van der Waals surface area contributed by atoms with E-state index in [9.17, 15) is 4.79 Å². The second-order valence-electron chi connectivity index (χ2n) is 4.70. The van der Waals surface area contributed by atoms with Gasteiger partial charge in [-0.3, -0.25) is 0 Å². The molecule has 1 saturated heterocycles. The maximum atomic E-state index is 11.5. The number of carbonyl (C=O) groups is 1. The van der Waals surface area contributed by atoms with Crippen LogP contribution in [0.3, 0.4) is 0 Å². The van der Waals surface area contributed by atoms with Gasteiger partial charge >= 0.3 is 6.09 Å². The lowest BCUT2D eigenvalue weighted by Crippen LogP contribution is -2.52. The van der Waals surface area contributed by atoms with E-state index in [1.54, 1.807) is 4.90 Å². The molecule has 1 amide bonds. The number of carbonyl (C=O) groups excluding carboxylic acids is 1. The van der Waals surface area contributed by atoms with E-state index >= 15 is 0 Å². The third-order valence-electron chi connectivity index (χ3n) is 2.03. The zero-order valence-electron chi connectivity index (χ0n) is 9.78. The molecule has 0 spiro atoms. The maximum Gasteiger partial charge on any atom is 0.410 e. The number of ether oxygens (including phenoxy) is 1. The summed E-state index contributed by atoms with van der Waals surface area (Å²) in [4.78, 5) is 13.2. The van der Waals surface area contributed by atoms with E-state index in [-0.39, 0.29) is 6.09 Å². The Balaban J connectivity index is 2.18. The van der Waals surface area contributed by atoms with E-state index in [1.165, 1.54) is 12.0 Å². The predicted octanol–water partition coefficient (Wildman–Crippen LogP) is 2.15. The van der Waals surface area contributed by atoms with Crippen molar-refractivity contribution in [2.75, 3.05) is 26.0 Å². The van der Waals surface area contributed by atoms with Crippen molar-refractivity contribution in [2.45, 2.75) is 26.4 Å². The summed E-state index contributed by atoms with van der Waals surface area (Å²) in [6.07, 6.45) is 1.67. The Labute approximate surface area is 95.5 Å². The molecule has 0 aliphatic carbocycles. The number of nitrogens with zero attached hydrogens (tertiary/aromatic N) is 1. The third kappa shape index (κ3) is 4.30. The van der Waals surface area contributed by atoms with Crippen molar-refractivity contribution in [2.24, 2.45) is 5.92 Å². The van der Waals surface area contributed by atoms with E-state index < -0.39 is 5.60 Å². The molecule has 0 unspecified atom stereocenters. The van der Waals surface area contributed by atoms with Crippen molar-refractivity contribution in [1.82, 2.24) is 4.90 Å². The van der Waals surface area contributed by atoms with E-state index in [0.717, 1.165) is 13.1 Å². The smallest absolute Gasteiger partial charge is 0.410 e. The molecule has 0 radical (unpaired) electrons. The molecule has 0 saturated carbocycles. The minimum absolute atomic E-state index is 0.220. The van der Waals surface area contributed by atoms with Gasteiger partial charge in [-0.1, -0.05) is 0 Å². The van der Waals surface area contributed by atoms with Crippen LogP contribution in [0.4, 0.5) is 4.79 Å². The second-order valence-corrected chi connectivity index (χ2v) is 5.27. The molecular formula is C10H19NO3S. The molecule has 15 heavy (non-hydrogen) atoms. The molecule has 0 aromatic carbocycles. The first-order valence-corrected chi connectivity index (χ1v) is 6.21. The third-order valence-corrected chi connectivity index (χ3v) is 2.40. The molecule has 0 atom stereocenters. The average Bonchev–Trinajstić information content (AvgIpc) is 1.98. The SMILES string of the molecule is CSOCC1CN(C(=O)OC(C)(C)C)C1. The van der Waals surface area contributed by atoms with Crippen molar-refractivity contribution in [3.05, 3.63) is 0 Å². The fourth-order valence-electron chi connectivity index (χ4n) is 1.32. The van der Waals surface area contributed by atoms with Crippen LogP contribution in [0.15, 0.2) is 0 Å². The Morgan fingerprint density at radius 2 is 2.07 bits per heavy atom. The molecule has 0 bridgehead atoms. The Hall–Kier alpha value is -0.420. The van der Waals surface area contributed by atoms with Gasteiger partial charge in [0, 0.05) is 25.3 Å². The van der Waals surface area contributed by atoms with Crippen LogP contribution >= 0.6 is 12.0 Å². The number of hydrogen-bond acceptors (Lipinski definition) is 4. The predicted molar refractivity (Wildman–Crippen MR) is 60.8 cm³/mol. The molecule has 0 aromatic rings. The molecule has 1 aliphatic heterocycles. The van der Waals surface area contributed by atoms with Gasteiger partial charge in [-0.15, -0.1) is 0 Å². The van der Waals surface area contributed by atoms with Crippen molar-refractivity contribution >= 4 is 18.1 Å². The highest BCUT2D eigenvalue weighted by atomic mass is 32.2.